The van der Waals surface area contributed by atoms with Gasteiger partial charge in [0.15, 0.2) is 0 Å². The molecule has 0 heterocycles. The summed E-state index contributed by atoms with van der Waals surface area (Å²) in [6.45, 7) is 6.71. The Hall–Kier alpha value is -0.570. The SMILES string of the molecule is CCC(CCN(C)CC)OC=O. The lowest BCUT2D eigenvalue weighted by molar-refractivity contribution is -0.134. The molecular formula is C9H19NO2. The van der Waals surface area contributed by atoms with E-state index in [-0.39, 0.29) is 6.10 Å². The highest BCUT2D eigenvalue weighted by molar-refractivity contribution is 5.37. The van der Waals surface area contributed by atoms with Gasteiger partial charge in [-0.2, -0.15) is 0 Å². The lowest BCUT2D eigenvalue weighted by Gasteiger charge is -2.17. The van der Waals surface area contributed by atoms with Gasteiger partial charge in [0.2, 0.25) is 0 Å². The van der Waals surface area contributed by atoms with Crippen LogP contribution < -0.4 is 0 Å². The Morgan fingerprint density at radius 3 is 2.58 bits per heavy atom. The number of hydrogen-bond donors (Lipinski definition) is 0. The molecule has 1 unspecified atom stereocenters. The second-order valence-corrected chi connectivity index (χ2v) is 2.95. The van der Waals surface area contributed by atoms with Gasteiger partial charge in [-0.05, 0) is 26.4 Å². The molecule has 12 heavy (non-hydrogen) atoms. The van der Waals surface area contributed by atoms with E-state index in [0.717, 1.165) is 25.9 Å². The molecule has 3 nitrogen and oxygen atoms in total. The normalized spacial score (nSPS) is 13.0. The van der Waals surface area contributed by atoms with Crippen LogP contribution >= 0.6 is 0 Å². The predicted octanol–water partition coefficient (Wildman–Crippen LogP) is 1.28. The molecular weight excluding hydrogens is 154 g/mol. The van der Waals surface area contributed by atoms with Crippen LogP contribution in [0.3, 0.4) is 0 Å². The number of rotatable bonds is 7. The summed E-state index contributed by atoms with van der Waals surface area (Å²) in [5.41, 5.74) is 0. The van der Waals surface area contributed by atoms with Crippen LogP contribution in [0.25, 0.3) is 0 Å². The van der Waals surface area contributed by atoms with Crippen molar-refractivity contribution < 1.29 is 9.53 Å². The van der Waals surface area contributed by atoms with Gasteiger partial charge in [-0.3, -0.25) is 4.79 Å². The predicted molar refractivity (Wildman–Crippen MR) is 49.0 cm³/mol. The molecule has 1 atom stereocenters. The Balaban J connectivity index is 3.49. The fraction of sp³-hybridized carbons (Fsp3) is 0.889. The Kier molecular flexibility index (Phi) is 6.76. The Bertz CT molecular complexity index is 117. The number of nitrogens with zero attached hydrogens (tertiary/aromatic N) is 1. The van der Waals surface area contributed by atoms with E-state index in [9.17, 15) is 4.79 Å². The average molecular weight is 173 g/mol. The van der Waals surface area contributed by atoms with E-state index in [2.05, 4.69) is 18.9 Å². The second kappa shape index (κ2) is 7.10. The van der Waals surface area contributed by atoms with Crippen molar-refractivity contribution in [3.63, 3.8) is 0 Å². The van der Waals surface area contributed by atoms with Crippen molar-refractivity contribution in [3.05, 3.63) is 0 Å². The van der Waals surface area contributed by atoms with E-state index >= 15 is 0 Å². The molecule has 0 aromatic heterocycles. The molecule has 0 saturated heterocycles. The van der Waals surface area contributed by atoms with E-state index in [1.807, 2.05) is 6.92 Å². The molecule has 0 amide bonds. The average Bonchev–Trinajstić information content (AvgIpc) is 2.11. The molecule has 0 aliphatic heterocycles. The van der Waals surface area contributed by atoms with Gasteiger partial charge in [0, 0.05) is 6.54 Å². The van der Waals surface area contributed by atoms with Crippen LogP contribution in [0.2, 0.25) is 0 Å². The maximum atomic E-state index is 10.1. The number of ether oxygens (including phenoxy) is 1. The molecule has 0 fully saturated rings. The zero-order valence-electron chi connectivity index (χ0n) is 8.25. The van der Waals surface area contributed by atoms with Gasteiger partial charge in [0.1, 0.15) is 6.10 Å². The van der Waals surface area contributed by atoms with Gasteiger partial charge in [-0.25, -0.2) is 0 Å². The van der Waals surface area contributed by atoms with E-state index in [1.54, 1.807) is 0 Å². The summed E-state index contributed by atoms with van der Waals surface area (Å²) in [7, 11) is 2.06. The van der Waals surface area contributed by atoms with Gasteiger partial charge in [0.25, 0.3) is 6.47 Å². The lowest BCUT2D eigenvalue weighted by Crippen LogP contribution is -2.24. The van der Waals surface area contributed by atoms with E-state index in [4.69, 9.17) is 4.74 Å². The summed E-state index contributed by atoms with van der Waals surface area (Å²) in [4.78, 5) is 12.3. The summed E-state index contributed by atoms with van der Waals surface area (Å²) in [5.74, 6) is 0. The minimum atomic E-state index is 0.0940. The maximum absolute atomic E-state index is 10.1. The van der Waals surface area contributed by atoms with Crippen LogP contribution in [0, 0.1) is 0 Å². The molecule has 0 aromatic carbocycles. The summed E-state index contributed by atoms with van der Waals surface area (Å²) in [6.07, 6.45) is 1.92. The smallest absolute Gasteiger partial charge is 0.293 e. The highest BCUT2D eigenvalue weighted by atomic mass is 16.5. The monoisotopic (exact) mass is 173 g/mol. The first-order chi connectivity index (χ1) is 5.74. The van der Waals surface area contributed by atoms with Gasteiger partial charge < -0.3 is 9.64 Å². The third-order valence-corrected chi connectivity index (χ3v) is 2.08. The number of hydrogen-bond acceptors (Lipinski definition) is 3. The molecule has 0 spiro atoms. The molecule has 0 rings (SSSR count). The molecule has 0 radical (unpaired) electrons. The van der Waals surface area contributed by atoms with Crippen molar-refractivity contribution in [3.8, 4) is 0 Å². The molecule has 0 saturated carbocycles. The minimum Gasteiger partial charge on any atom is -0.465 e. The first-order valence-electron chi connectivity index (χ1n) is 4.52. The lowest BCUT2D eigenvalue weighted by atomic mass is 10.2. The van der Waals surface area contributed by atoms with Crippen LogP contribution in [0.5, 0.6) is 0 Å². The van der Waals surface area contributed by atoms with Crippen LogP contribution in [0.1, 0.15) is 26.7 Å². The molecule has 0 aliphatic rings. The number of carbonyl (C=O) groups is 1. The molecule has 0 aromatic rings. The van der Waals surface area contributed by atoms with Crippen molar-refractivity contribution in [2.75, 3.05) is 20.1 Å². The minimum absolute atomic E-state index is 0.0940. The first kappa shape index (κ1) is 11.4. The van der Waals surface area contributed by atoms with Crippen LogP contribution in [0.4, 0.5) is 0 Å². The Morgan fingerprint density at radius 1 is 1.50 bits per heavy atom. The van der Waals surface area contributed by atoms with Gasteiger partial charge in [-0.15, -0.1) is 0 Å². The Morgan fingerprint density at radius 2 is 2.17 bits per heavy atom. The van der Waals surface area contributed by atoms with E-state index in [0.29, 0.717) is 6.47 Å². The third kappa shape index (κ3) is 5.13. The van der Waals surface area contributed by atoms with Gasteiger partial charge in [-0.1, -0.05) is 13.8 Å². The molecule has 0 aliphatic carbocycles. The van der Waals surface area contributed by atoms with E-state index in [1.165, 1.54) is 0 Å². The fourth-order valence-electron chi connectivity index (χ4n) is 0.969. The van der Waals surface area contributed by atoms with Crippen molar-refractivity contribution >= 4 is 6.47 Å². The third-order valence-electron chi connectivity index (χ3n) is 2.08. The second-order valence-electron chi connectivity index (χ2n) is 2.95. The standard InChI is InChI=1S/C9H19NO2/c1-4-9(12-8-11)6-7-10(3)5-2/h8-9H,4-7H2,1-3H3. The highest BCUT2D eigenvalue weighted by Gasteiger charge is 2.06. The number of carbonyl (C=O) groups excluding carboxylic acids is 1. The Labute approximate surface area is 74.7 Å². The van der Waals surface area contributed by atoms with Crippen LogP contribution in [-0.4, -0.2) is 37.6 Å². The summed E-state index contributed by atoms with van der Waals surface area (Å²) in [6, 6.07) is 0. The van der Waals surface area contributed by atoms with Crippen molar-refractivity contribution in [1.29, 1.82) is 0 Å². The topological polar surface area (TPSA) is 29.5 Å². The van der Waals surface area contributed by atoms with Crippen LogP contribution in [0.15, 0.2) is 0 Å². The molecule has 3 heteroatoms. The zero-order chi connectivity index (χ0) is 9.40. The largest absolute Gasteiger partial charge is 0.465 e. The van der Waals surface area contributed by atoms with E-state index < -0.39 is 0 Å². The first-order valence-corrected chi connectivity index (χ1v) is 4.52. The van der Waals surface area contributed by atoms with Crippen molar-refractivity contribution in [2.45, 2.75) is 32.8 Å². The molecule has 0 N–H and O–H groups in total. The van der Waals surface area contributed by atoms with Gasteiger partial charge >= 0.3 is 0 Å². The summed E-state index contributed by atoms with van der Waals surface area (Å²) >= 11 is 0. The fourth-order valence-corrected chi connectivity index (χ4v) is 0.969. The zero-order valence-corrected chi connectivity index (χ0v) is 8.25. The van der Waals surface area contributed by atoms with Crippen LogP contribution in [-0.2, 0) is 9.53 Å². The van der Waals surface area contributed by atoms with Crippen molar-refractivity contribution in [1.82, 2.24) is 4.90 Å². The van der Waals surface area contributed by atoms with Crippen molar-refractivity contribution in [2.24, 2.45) is 0 Å². The summed E-state index contributed by atoms with van der Waals surface area (Å²) < 4.78 is 4.88. The quantitative estimate of drug-likeness (QED) is 0.543. The highest BCUT2D eigenvalue weighted by Crippen LogP contribution is 2.02. The maximum Gasteiger partial charge on any atom is 0.293 e. The molecule has 0 bridgehead atoms. The molecule has 72 valence electrons. The van der Waals surface area contributed by atoms with Gasteiger partial charge in [0.05, 0.1) is 0 Å². The summed E-state index contributed by atoms with van der Waals surface area (Å²) in [5, 5.41) is 0.